The van der Waals surface area contributed by atoms with Crippen LogP contribution in [0.2, 0.25) is 0 Å². The molecule has 0 saturated carbocycles. The predicted molar refractivity (Wildman–Crippen MR) is 163 cm³/mol. The standard InChI is InChI=1S/C34H45NO7/c1-36-16-6-18-41-31-21-26(20-30(22-31)37-2)24-42-34-23-35-15-14-32(34)27-10-12-29(13-11-27)40-19-7-17-39-25-28-8-4-5-9-33(28)38-3/h4-5,8-13,20-22,32,34-35H,6-7,14-19,23-25H2,1-3H3/t32-,34+/m1/s1. The van der Waals surface area contributed by atoms with Crippen molar-refractivity contribution in [2.45, 2.75) is 44.5 Å². The highest BCUT2D eigenvalue weighted by Gasteiger charge is 2.27. The van der Waals surface area contributed by atoms with Crippen LogP contribution in [-0.2, 0) is 27.4 Å². The summed E-state index contributed by atoms with van der Waals surface area (Å²) in [5.74, 6) is 3.56. The Morgan fingerprint density at radius 3 is 2.29 bits per heavy atom. The fourth-order valence-corrected chi connectivity index (χ4v) is 5.06. The molecule has 8 nitrogen and oxygen atoms in total. The van der Waals surface area contributed by atoms with Crippen LogP contribution in [0.5, 0.6) is 23.0 Å². The van der Waals surface area contributed by atoms with Gasteiger partial charge in [0.2, 0.25) is 0 Å². The van der Waals surface area contributed by atoms with Crippen LogP contribution in [0.15, 0.2) is 66.7 Å². The summed E-state index contributed by atoms with van der Waals surface area (Å²) in [5.41, 5.74) is 3.34. The van der Waals surface area contributed by atoms with Crippen LogP contribution in [0.1, 0.15) is 41.9 Å². The van der Waals surface area contributed by atoms with Crippen LogP contribution < -0.4 is 24.3 Å². The lowest BCUT2D eigenvalue weighted by Gasteiger charge is -2.32. The van der Waals surface area contributed by atoms with Crippen molar-refractivity contribution in [3.05, 3.63) is 83.4 Å². The average Bonchev–Trinajstić information content (AvgIpc) is 3.04. The van der Waals surface area contributed by atoms with Gasteiger partial charge in [-0.05, 0) is 54.4 Å². The molecule has 0 aliphatic carbocycles. The van der Waals surface area contributed by atoms with Crippen LogP contribution >= 0.6 is 0 Å². The summed E-state index contributed by atoms with van der Waals surface area (Å²) in [4.78, 5) is 0. The van der Waals surface area contributed by atoms with Crippen LogP contribution in [0.3, 0.4) is 0 Å². The number of benzene rings is 3. The number of nitrogens with one attached hydrogen (secondary N) is 1. The highest BCUT2D eigenvalue weighted by molar-refractivity contribution is 5.38. The molecule has 0 unspecified atom stereocenters. The van der Waals surface area contributed by atoms with Crippen molar-refractivity contribution in [2.75, 3.05) is 60.8 Å². The molecule has 228 valence electrons. The fourth-order valence-electron chi connectivity index (χ4n) is 5.06. The molecule has 0 aromatic heterocycles. The Hall–Kier alpha value is -3.30. The predicted octanol–water partition coefficient (Wildman–Crippen LogP) is 5.77. The fraction of sp³-hybridized carbons (Fsp3) is 0.471. The Kier molecular flexibility index (Phi) is 13.3. The van der Waals surface area contributed by atoms with Gasteiger partial charge >= 0.3 is 0 Å². The smallest absolute Gasteiger partial charge is 0.124 e. The molecule has 0 bridgehead atoms. The minimum absolute atomic E-state index is 0.0585. The number of hydrogen-bond donors (Lipinski definition) is 1. The molecule has 1 fully saturated rings. The second-order valence-electron chi connectivity index (χ2n) is 10.3. The second-order valence-corrected chi connectivity index (χ2v) is 10.3. The van der Waals surface area contributed by atoms with E-state index in [1.165, 1.54) is 5.56 Å². The summed E-state index contributed by atoms with van der Waals surface area (Å²) in [5, 5.41) is 3.49. The normalized spacial score (nSPS) is 16.6. The molecule has 0 amide bonds. The van der Waals surface area contributed by atoms with Crippen molar-refractivity contribution >= 4 is 0 Å². The van der Waals surface area contributed by atoms with Crippen molar-refractivity contribution < 1.29 is 33.2 Å². The van der Waals surface area contributed by atoms with Crippen molar-refractivity contribution in [2.24, 2.45) is 0 Å². The summed E-state index contributed by atoms with van der Waals surface area (Å²) >= 11 is 0. The Bertz CT molecular complexity index is 1190. The van der Waals surface area contributed by atoms with E-state index in [9.17, 15) is 0 Å². The lowest BCUT2D eigenvalue weighted by molar-refractivity contribution is 0.0104. The largest absolute Gasteiger partial charge is 0.497 e. The van der Waals surface area contributed by atoms with Crippen molar-refractivity contribution in [1.29, 1.82) is 0 Å². The molecule has 4 rings (SSSR count). The van der Waals surface area contributed by atoms with Gasteiger partial charge in [0.15, 0.2) is 0 Å². The lowest BCUT2D eigenvalue weighted by atomic mass is 9.87. The quantitative estimate of drug-likeness (QED) is 0.191. The van der Waals surface area contributed by atoms with Gasteiger partial charge in [-0.2, -0.15) is 0 Å². The third kappa shape index (κ3) is 9.91. The van der Waals surface area contributed by atoms with Crippen LogP contribution in [-0.4, -0.2) is 67.0 Å². The first kappa shape index (κ1) is 31.6. The van der Waals surface area contributed by atoms with Crippen LogP contribution in [0.4, 0.5) is 0 Å². The topological polar surface area (TPSA) is 76.6 Å². The van der Waals surface area contributed by atoms with E-state index < -0.39 is 0 Å². The van der Waals surface area contributed by atoms with Gasteiger partial charge < -0.3 is 38.5 Å². The minimum atomic E-state index is 0.0585. The molecule has 3 aromatic carbocycles. The highest BCUT2D eigenvalue weighted by atomic mass is 16.5. The lowest BCUT2D eigenvalue weighted by Crippen LogP contribution is -2.40. The van der Waals surface area contributed by atoms with E-state index >= 15 is 0 Å². The zero-order valence-electron chi connectivity index (χ0n) is 25.1. The van der Waals surface area contributed by atoms with E-state index in [-0.39, 0.29) is 6.10 Å². The maximum atomic E-state index is 6.47. The number of ether oxygens (including phenoxy) is 7. The summed E-state index contributed by atoms with van der Waals surface area (Å²) in [6.45, 7) is 5.27. The average molecular weight is 580 g/mol. The van der Waals surface area contributed by atoms with E-state index in [4.69, 9.17) is 33.2 Å². The molecule has 1 aliphatic heterocycles. The van der Waals surface area contributed by atoms with Crippen LogP contribution in [0.25, 0.3) is 0 Å². The highest BCUT2D eigenvalue weighted by Crippen LogP contribution is 2.31. The van der Waals surface area contributed by atoms with Crippen LogP contribution in [0, 0.1) is 0 Å². The Labute approximate surface area is 250 Å². The number of rotatable bonds is 18. The molecule has 1 heterocycles. The first-order chi connectivity index (χ1) is 20.7. The maximum absolute atomic E-state index is 6.47. The van der Waals surface area contributed by atoms with E-state index in [1.807, 2.05) is 42.5 Å². The van der Waals surface area contributed by atoms with Gasteiger partial charge in [0.1, 0.15) is 23.0 Å². The SMILES string of the molecule is COCCCOc1cc(CO[C@H]2CNCC[C@@H]2c2ccc(OCCCOCc3ccccc3OC)cc2)cc(OC)c1. The second kappa shape index (κ2) is 17.6. The number of methoxy groups -OCH3 is 3. The van der Waals surface area contributed by atoms with Gasteiger partial charge in [0, 0.05) is 50.7 Å². The number of hydrogen-bond acceptors (Lipinski definition) is 8. The van der Waals surface area contributed by atoms with Crippen molar-refractivity contribution in [3.63, 3.8) is 0 Å². The Morgan fingerprint density at radius 1 is 0.738 bits per heavy atom. The van der Waals surface area contributed by atoms with Gasteiger partial charge in [-0.3, -0.25) is 0 Å². The molecule has 0 spiro atoms. The van der Waals surface area contributed by atoms with Gasteiger partial charge in [0.05, 0.1) is 53.4 Å². The zero-order valence-corrected chi connectivity index (χ0v) is 25.1. The molecular weight excluding hydrogens is 534 g/mol. The van der Waals surface area contributed by atoms with Crippen molar-refractivity contribution in [3.8, 4) is 23.0 Å². The minimum Gasteiger partial charge on any atom is -0.497 e. The molecule has 1 saturated heterocycles. The molecule has 2 atom stereocenters. The van der Waals surface area contributed by atoms with Gasteiger partial charge in [-0.1, -0.05) is 30.3 Å². The number of para-hydroxylation sites is 1. The first-order valence-corrected chi connectivity index (χ1v) is 14.7. The maximum Gasteiger partial charge on any atom is 0.124 e. The van der Waals surface area contributed by atoms with Gasteiger partial charge in [0.25, 0.3) is 0 Å². The molecule has 0 radical (unpaired) electrons. The van der Waals surface area contributed by atoms with E-state index in [0.717, 1.165) is 66.5 Å². The third-order valence-electron chi connectivity index (χ3n) is 7.29. The van der Waals surface area contributed by atoms with Gasteiger partial charge in [-0.15, -0.1) is 0 Å². The Balaban J connectivity index is 1.23. The monoisotopic (exact) mass is 579 g/mol. The summed E-state index contributed by atoms with van der Waals surface area (Å²) in [7, 11) is 5.04. The third-order valence-corrected chi connectivity index (χ3v) is 7.29. The number of piperidine rings is 1. The molecular formula is C34H45NO7. The summed E-state index contributed by atoms with van der Waals surface area (Å²) in [6, 6.07) is 22.3. The zero-order chi connectivity index (χ0) is 29.4. The summed E-state index contributed by atoms with van der Waals surface area (Å²) in [6.07, 6.45) is 2.71. The molecule has 3 aromatic rings. The first-order valence-electron chi connectivity index (χ1n) is 14.7. The van der Waals surface area contributed by atoms with E-state index in [0.29, 0.717) is 45.6 Å². The molecule has 8 heteroatoms. The summed E-state index contributed by atoms with van der Waals surface area (Å²) < 4.78 is 40.1. The molecule has 1 aliphatic rings. The Morgan fingerprint density at radius 2 is 1.50 bits per heavy atom. The van der Waals surface area contributed by atoms with Gasteiger partial charge in [-0.25, -0.2) is 0 Å². The van der Waals surface area contributed by atoms with E-state index in [2.05, 4.69) is 29.6 Å². The van der Waals surface area contributed by atoms with Crippen molar-refractivity contribution in [1.82, 2.24) is 5.32 Å². The molecule has 42 heavy (non-hydrogen) atoms. The van der Waals surface area contributed by atoms with E-state index in [1.54, 1.807) is 21.3 Å². The molecule has 1 N–H and O–H groups in total.